The van der Waals surface area contributed by atoms with E-state index in [1.165, 1.54) is 18.5 Å². The van der Waals surface area contributed by atoms with E-state index in [0.29, 0.717) is 6.17 Å². The van der Waals surface area contributed by atoms with Crippen LogP contribution in [0.3, 0.4) is 0 Å². The average Bonchev–Trinajstić information content (AvgIpc) is 2.69. The summed E-state index contributed by atoms with van der Waals surface area (Å²) >= 11 is 0. The van der Waals surface area contributed by atoms with E-state index in [1.54, 1.807) is 5.70 Å². The molecule has 1 unspecified atom stereocenters. The minimum absolute atomic E-state index is 0.538. The van der Waals surface area contributed by atoms with Gasteiger partial charge in [-0.25, -0.2) is 0 Å². The molecule has 0 bridgehead atoms. The van der Waals surface area contributed by atoms with Crippen LogP contribution in [0.25, 0.3) is 0 Å². The van der Waals surface area contributed by atoms with Gasteiger partial charge in [0.15, 0.2) is 0 Å². The molecule has 0 aromatic carbocycles. The van der Waals surface area contributed by atoms with E-state index >= 15 is 0 Å². The molecular weight excluding hydrogens is 395 g/mol. The van der Waals surface area contributed by atoms with Gasteiger partial charge in [-0.3, -0.25) is 0 Å². The van der Waals surface area contributed by atoms with Gasteiger partial charge in [0.2, 0.25) is 0 Å². The van der Waals surface area contributed by atoms with Gasteiger partial charge in [0.05, 0.1) is 6.17 Å². The maximum absolute atomic E-state index is 7.17. The van der Waals surface area contributed by atoms with Gasteiger partial charge in [-0.2, -0.15) is 0 Å². The first kappa shape index (κ1) is 35.5. The predicted molar refractivity (Wildman–Crippen MR) is 107 cm³/mol. The Morgan fingerprint density at radius 1 is 0.621 bits per heavy atom. The molecular formula is C11H34B4N2O12. The number of allylic oxidation sites excluding steroid dienone is 2. The molecule has 1 heterocycles. The molecule has 0 aromatic heterocycles. The van der Waals surface area contributed by atoms with E-state index < -0.39 is 29.3 Å². The zero-order valence-electron chi connectivity index (χ0n) is 17.3. The lowest BCUT2D eigenvalue weighted by Gasteiger charge is -2.26. The van der Waals surface area contributed by atoms with Crippen LogP contribution in [-0.4, -0.2) is 120 Å². The standard InChI is InChI=1S/C11H22N2.4BH3O3/c1-6-8-11-10(7-2)12(4)9(3)13(11)5;4*2-1(3)4/h9H,6-8H2,1-5H3;4*2-4H. The van der Waals surface area contributed by atoms with Crippen molar-refractivity contribution in [3.05, 3.63) is 11.4 Å². The van der Waals surface area contributed by atoms with Crippen LogP contribution in [0.4, 0.5) is 0 Å². The van der Waals surface area contributed by atoms with Crippen LogP contribution in [-0.2, 0) is 0 Å². The SMILES string of the molecule is CCCC1=C(CC)N(C)C(C)N1C.OB(O)O.OB(O)O.OB(O)O.OB(O)O. The summed E-state index contributed by atoms with van der Waals surface area (Å²) in [4.78, 5) is 4.80. The fraction of sp³-hybridized carbons (Fsp3) is 0.818. The van der Waals surface area contributed by atoms with Crippen LogP contribution in [0.1, 0.15) is 40.0 Å². The summed E-state index contributed by atoms with van der Waals surface area (Å²) in [6.07, 6.45) is 4.15. The second-order valence-electron chi connectivity index (χ2n) is 5.24. The molecule has 0 spiro atoms. The topological polar surface area (TPSA) is 249 Å². The zero-order chi connectivity index (χ0) is 24.3. The molecule has 1 aliphatic rings. The molecule has 18 heteroatoms. The van der Waals surface area contributed by atoms with Gasteiger partial charge in [-0.05, 0) is 19.8 Å². The van der Waals surface area contributed by atoms with Crippen LogP contribution in [0, 0.1) is 0 Å². The molecule has 0 fully saturated rings. The highest BCUT2D eigenvalue weighted by molar-refractivity contribution is 6.31. The van der Waals surface area contributed by atoms with Crippen LogP contribution in [0.15, 0.2) is 11.4 Å². The average molecular weight is 430 g/mol. The normalized spacial score (nSPS) is 14.2. The Bertz CT molecular complexity index is 358. The number of hydrogen-bond donors (Lipinski definition) is 12. The predicted octanol–water partition coefficient (Wildman–Crippen LogP) is -5.58. The van der Waals surface area contributed by atoms with E-state index in [9.17, 15) is 0 Å². The Labute approximate surface area is 171 Å². The highest BCUT2D eigenvalue weighted by Crippen LogP contribution is 2.30. The highest BCUT2D eigenvalue weighted by Gasteiger charge is 2.28. The molecule has 0 saturated carbocycles. The van der Waals surface area contributed by atoms with Crippen molar-refractivity contribution in [3.63, 3.8) is 0 Å². The lowest BCUT2D eigenvalue weighted by Crippen LogP contribution is -2.33. The van der Waals surface area contributed by atoms with Crippen LogP contribution >= 0.6 is 0 Å². The van der Waals surface area contributed by atoms with Gasteiger partial charge in [0.25, 0.3) is 0 Å². The summed E-state index contributed by atoms with van der Waals surface area (Å²) in [5.74, 6) is 0. The summed E-state index contributed by atoms with van der Waals surface area (Å²) in [7, 11) is -4.27. The van der Waals surface area contributed by atoms with E-state index in [4.69, 9.17) is 60.3 Å². The van der Waals surface area contributed by atoms with E-state index in [0.717, 1.165) is 6.42 Å². The molecule has 29 heavy (non-hydrogen) atoms. The molecule has 0 amide bonds. The molecule has 1 atom stereocenters. The van der Waals surface area contributed by atoms with Gasteiger partial charge >= 0.3 is 29.3 Å². The summed E-state index contributed by atoms with van der Waals surface area (Å²) < 4.78 is 0. The first-order chi connectivity index (χ1) is 13.1. The molecule has 12 N–H and O–H groups in total. The maximum Gasteiger partial charge on any atom is 0.631 e. The Morgan fingerprint density at radius 2 is 0.862 bits per heavy atom. The summed E-state index contributed by atoms with van der Waals surface area (Å²) in [5, 5.41) is 86.0. The first-order valence-corrected chi connectivity index (χ1v) is 8.41. The van der Waals surface area contributed by atoms with E-state index in [1.807, 2.05) is 0 Å². The Morgan fingerprint density at radius 3 is 1.07 bits per heavy atom. The quantitative estimate of drug-likeness (QED) is 0.187. The molecule has 0 saturated heterocycles. The van der Waals surface area contributed by atoms with Crippen molar-refractivity contribution in [2.75, 3.05) is 14.1 Å². The first-order valence-electron chi connectivity index (χ1n) is 8.41. The van der Waals surface area contributed by atoms with Crippen molar-refractivity contribution < 1.29 is 60.3 Å². The summed E-state index contributed by atoms with van der Waals surface area (Å²) in [6, 6.07) is 0. The zero-order valence-corrected chi connectivity index (χ0v) is 17.3. The summed E-state index contributed by atoms with van der Waals surface area (Å²) in [5.41, 5.74) is 3.07. The fourth-order valence-corrected chi connectivity index (χ4v) is 2.13. The highest BCUT2D eigenvalue weighted by atomic mass is 16.5. The molecule has 1 rings (SSSR count). The van der Waals surface area contributed by atoms with E-state index in [-0.39, 0.29) is 0 Å². The van der Waals surface area contributed by atoms with E-state index in [2.05, 4.69) is 44.7 Å². The minimum Gasteiger partial charge on any atom is -0.402 e. The molecule has 172 valence electrons. The van der Waals surface area contributed by atoms with Crippen molar-refractivity contribution in [1.82, 2.24) is 9.80 Å². The van der Waals surface area contributed by atoms with Gasteiger partial charge in [0, 0.05) is 25.5 Å². The molecule has 1 aliphatic heterocycles. The van der Waals surface area contributed by atoms with Crippen molar-refractivity contribution in [1.29, 1.82) is 0 Å². The second-order valence-corrected chi connectivity index (χ2v) is 5.24. The molecule has 0 aromatic rings. The van der Waals surface area contributed by atoms with Gasteiger partial charge in [-0.15, -0.1) is 0 Å². The minimum atomic E-state index is -2.17. The monoisotopic (exact) mass is 430 g/mol. The second kappa shape index (κ2) is 21.8. The van der Waals surface area contributed by atoms with Crippen LogP contribution in [0.5, 0.6) is 0 Å². The van der Waals surface area contributed by atoms with Crippen molar-refractivity contribution in [2.45, 2.75) is 46.2 Å². The molecule has 0 radical (unpaired) electrons. The molecule has 14 nitrogen and oxygen atoms in total. The van der Waals surface area contributed by atoms with Gasteiger partial charge in [0.1, 0.15) is 0 Å². The van der Waals surface area contributed by atoms with Crippen molar-refractivity contribution in [2.24, 2.45) is 0 Å². The van der Waals surface area contributed by atoms with Crippen LogP contribution in [0.2, 0.25) is 0 Å². The maximum atomic E-state index is 7.17. The lowest BCUT2D eigenvalue weighted by molar-refractivity contribution is 0.204. The number of hydrogen-bond acceptors (Lipinski definition) is 14. The third-order valence-electron chi connectivity index (χ3n) is 3.13. The number of rotatable bonds is 3. The van der Waals surface area contributed by atoms with Crippen LogP contribution < -0.4 is 0 Å². The Hall–Kier alpha value is -0.880. The smallest absolute Gasteiger partial charge is 0.402 e. The van der Waals surface area contributed by atoms with Gasteiger partial charge < -0.3 is 70.1 Å². The molecule has 0 aliphatic carbocycles. The number of nitrogens with zero attached hydrogens (tertiary/aromatic N) is 2. The third kappa shape index (κ3) is 29.4. The lowest BCUT2D eigenvalue weighted by atomic mass is 10.2. The Kier molecular flexibility index (Phi) is 26.7. The third-order valence-corrected chi connectivity index (χ3v) is 3.13. The largest absolute Gasteiger partial charge is 0.631 e. The Balaban J connectivity index is -0.000000162. The van der Waals surface area contributed by atoms with Crippen molar-refractivity contribution in [3.8, 4) is 0 Å². The van der Waals surface area contributed by atoms with Gasteiger partial charge in [-0.1, -0.05) is 20.3 Å². The van der Waals surface area contributed by atoms with Crippen molar-refractivity contribution >= 4 is 29.3 Å². The summed E-state index contributed by atoms with van der Waals surface area (Å²) in [6.45, 7) is 6.75. The fourth-order valence-electron chi connectivity index (χ4n) is 2.13.